The normalized spacial score (nSPS) is 23.8. The minimum Gasteiger partial charge on any atom is -0.458 e. The van der Waals surface area contributed by atoms with Gasteiger partial charge in [0.1, 0.15) is 5.60 Å². The van der Waals surface area contributed by atoms with Crippen molar-refractivity contribution in [3.05, 3.63) is 30.3 Å². The van der Waals surface area contributed by atoms with Crippen LogP contribution in [0.4, 0.5) is 0 Å². The van der Waals surface area contributed by atoms with Gasteiger partial charge in [0.2, 0.25) is 0 Å². The van der Waals surface area contributed by atoms with Crippen LogP contribution in [0, 0.1) is 5.92 Å². The second kappa shape index (κ2) is 6.71. The van der Waals surface area contributed by atoms with Gasteiger partial charge in [0, 0.05) is 23.2 Å². The average Bonchev–Trinajstić information content (AvgIpc) is 2.86. The van der Waals surface area contributed by atoms with Crippen LogP contribution in [0.1, 0.15) is 27.2 Å². The quantitative estimate of drug-likeness (QED) is 0.802. The van der Waals surface area contributed by atoms with E-state index >= 15 is 0 Å². The van der Waals surface area contributed by atoms with Gasteiger partial charge in [-0.3, -0.25) is 4.21 Å². The van der Waals surface area contributed by atoms with Gasteiger partial charge in [-0.15, -0.1) is 0 Å². The molecule has 4 nitrogen and oxygen atoms in total. The summed E-state index contributed by atoms with van der Waals surface area (Å²) < 4.78 is 23.2. The third kappa shape index (κ3) is 4.64. The first-order valence-corrected chi connectivity index (χ1v) is 8.46. The van der Waals surface area contributed by atoms with Gasteiger partial charge in [-0.2, -0.15) is 0 Å². The second-order valence-corrected chi connectivity index (χ2v) is 7.69. The number of benzene rings is 1. The topological polar surface area (TPSA) is 52.6 Å². The molecule has 0 saturated carbocycles. The van der Waals surface area contributed by atoms with Crippen molar-refractivity contribution in [2.45, 2.75) is 43.8 Å². The van der Waals surface area contributed by atoms with Crippen LogP contribution in [0.3, 0.4) is 0 Å². The van der Waals surface area contributed by atoms with Crippen LogP contribution in [0.5, 0.6) is 0 Å². The third-order valence-electron chi connectivity index (χ3n) is 3.22. The van der Waals surface area contributed by atoms with E-state index in [0.29, 0.717) is 12.4 Å². The van der Waals surface area contributed by atoms with E-state index in [9.17, 15) is 9.00 Å². The zero-order valence-corrected chi connectivity index (χ0v) is 13.5. The Kier molecular flexibility index (Phi) is 5.17. The Morgan fingerprint density at radius 2 is 2.00 bits per heavy atom. The maximum absolute atomic E-state index is 12.4. The summed E-state index contributed by atoms with van der Waals surface area (Å²) in [4.78, 5) is 12.9. The summed E-state index contributed by atoms with van der Waals surface area (Å²) in [5.41, 5.74) is -0.536. The molecule has 1 aliphatic heterocycles. The fourth-order valence-corrected chi connectivity index (χ4v) is 3.67. The monoisotopic (exact) mass is 310 g/mol. The van der Waals surface area contributed by atoms with Crippen LogP contribution < -0.4 is 0 Å². The van der Waals surface area contributed by atoms with E-state index in [-0.39, 0.29) is 11.9 Å². The number of esters is 1. The SMILES string of the molecule is CC(C)(C)OC(=O)[C@@H]1OCC[C@@H]1CS(=O)c1ccccc1. The first-order valence-electron chi connectivity index (χ1n) is 7.15. The van der Waals surface area contributed by atoms with Crippen LogP contribution in [0.25, 0.3) is 0 Å². The van der Waals surface area contributed by atoms with Crippen molar-refractivity contribution in [3.8, 4) is 0 Å². The lowest BCUT2D eigenvalue weighted by molar-refractivity contribution is -0.167. The lowest BCUT2D eigenvalue weighted by Crippen LogP contribution is -2.36. The highest BCUT2D eigenvalue weighted by Crippen LogP contribution is 2.26. The van der Waals surface area contributed by atoms with Crippen LogP contribution >= 0.6 is 0 Å². The summed E-state index contributed by atoms with van der Waals surface area (Å²) in [6.45, 7) is 6.01. The van der Waals surface area contributed by atoms with Gasteiger partial charge in [-0.1, -0.05) is 18.2 Å². The van der Waals surface area contributed by atoms with Crippen molar-refractivity contribution >= 4 is 16.8 Å². The molecule has 2 rings (SSSR count). The van der Waals surface area contributed by atoms with Gasteiger partial charge in [0.25, 0.3) is 0 Å². The first kappa shape index (κ1) is 16.2. The Bertz CT molecular complexity index is 507. The van der Waals surface area contributed by atoms with Crippen molar-refractivity contribution in [2.24, 2.45) is 5.92 Å². The number of hydrogen-bond acceptors (Lipinski definition) is 4. The molecular formula is C16H22O4S. The van der Waals surface area contributed by atoms with E-state index in [0.717, 1.165) is 11.3 Å². The maximum Gasteiger partial charge on any atom is 0.336 e. The molecule has 1 saturated heterocycles. The minimum absolute atomic E-state index is 0.0547. The lowest BCUT2D eigenvalue weighted by Gasteiger charge is -2.24. The zero-order chi connectivity index (χ0) is 15.5. The predicted octanol–water partition coefficient (Wildman–Crippen LogP) is 2.54. The van der Waals surface area contributed by atoms with Crippen LogP contribution in [-0.4, -0.2) is 34.2 Å². The minimum atomic E-state index is -1.12. The molecule has 1 heterocycles. The van der Waals surface area contributed by atoms with Crippen LogP contribution in [-0.2, 0) is 25.1 Å². The van der Waals surface area contributed by atoms with Crippen molar-refractivity contribution in [1.29, 1.82) is 0 Å². The maximum atomic E-state index is 12.4. The summed E-state index contributed by atoms with van der Waals surface area (Å²) in [5, 5.41) is 0. The third-order valence-corrected chi connectivity index (χ3v) is 4.75. The Balaban J connectivity index is 1.99. The molecule has 116 valence electrons. The van der Waals surface area contributed by atoms with Crippen LogP contribution in [0.2, 0.25) is 0 Å². The standard InChI is InChI=1S/C16H22O4S/c1-16(2,3)20-15(17)14-12(9-10-19-14)11-21(18)13-7-5-4-6-8-13/h4-8,12,14H,9-11H2,1-3H3/t12-,14-,21?/m1/s1. The Labute approximate surface area is 128 Å². The highest BCUT2D eigenvalue weighted by Gasteiger charge is 2.38. The fourth-order valence-electron chi connectivity index (χ4n) is 2.29. The summed E-state index contributed by atoms with van der Waals surface area (Å²) in [6.07, 6.45) is 0.138. The van der Waals surface area contributed by atoms with Gasteiger partial charge in [0.05, 0.1) is 10.8 Å². The van der Waals surface area contributed by atoms with Gasteiger partial charge in [-0.05, 0) is 39.3 Å². The number of rotatable bonds is 4. The Morgan fingerprint density at radius 3 is 2.62 bits per heavy atom. The predicted molar refractivity (Wildman–Crippen MR) is 81.4 cm³/mol. The summed E-state index contributed by atoms with van der Waals surface area (Å²) in [7, 11) is -1.12. The molecular weight excluding hydrogens is 288 g/mol. The molecule has 0 N–H and O–H groups in total. The summed E-state index contributed by atoms with van der Waals surface area (Å²) >= 11 is 0. The Hall–Kier alpha value is -1.20. The molecule has 1 aromatic rings. The molecule has 0 bridgehead atoms. The molecule has 0 amide bonds. The van der Waals surface area contributed by atoms with Crippen molar-refractivity contribution < 1.29 is 18.5 Å². The van der Waals surface area contributed by atoms with E-state index in [2.05, 4.69) is 0 Å². The van der Waals surface area contributed by atoms with E-state index in [1.807, 2.05) is 51.1 Å². The second-order valence-electron chi connectivity index (χ2n) is 6.20. The van der Waals surface area contributed by atoms with Gasteiger partial charge >= 0.3 is 5.97 Å². The largest absolute Gasteiger partial charge is 0.458 e. The number of ether oxygens (including phenoxy) is 2. The molecule has 5 heteroatoms. The molecule has 0 aliphatic carbocycles. The highest BCUT2D eigenvalue weighted by molar-refractivity contribution is 7.85. The number of hydrogen-bond donors (Lipinski definition) is 0. The number of carbonyl (C=O) groups is 1. The fraction of sp³-hybridized carbons (Fsp3) is 0.562. The van der Waals surface area contributed by atoms with Gasteiger partial charge in [0.15, 0.2) is 6.10 Å². The average molecular weight is 310 g/mol. The number of carbonyl (C=O) groups excluding carboxylic acids is 1. The van der Waals surface area contributed by atoms with E-state index in [1.165, 1.54) is 0 Å². The molecule has 0 aromatic heterocycles. The molecule has 0 spiro atoms. The summed E-state index contributed by atoms with van der Waals surface area (Å²) in [6, 6.07) is 9.30. The molecule has 3 atom stereocenters. The molecule has 0 radical (unpaired) electrons. The van der Waals surface area contributed by atoms with E-state index in [1.54, 1.807) is 0 Å². The molecule has 1 fully saturated rings. The van der Waals surface area contributed by atoms with Crippen LogP contribution in [0.15, 0.2) is 35.2 Å². The Morgan fingerprint density at radius 1 is 1.33 bits per heavy atom. The van der Waals surface area contributed by atoms with Gasteiger partial charge in [-0.25, -0.2) is 4.79 Å². The molecule has 1 unspecified atom stereocenters. The first-order chi connectivity index (χ1) is 9.87. The smallest absolute Gasteiger partial charge is 0.336 e. The van der Waals surface area contributed by atoms with Crippen molar-refractivity contribution in [1.82, 2.24) is 0 Å². The molecule has 21 heavy (non-hydrogen) atoms. The molecule has 1 aromatic carbocycles. The lowest BCUT2D eigenvalue weighted by atomic mass is 10.0. The van der Waals surface area contributed by atoms with Crippen molar-refractivity contribution in [2.75, 3.05) is 12.4 Å². The molecule has 1 aliphatic rings. The van der Waals surface area contributed by atoms with Crippen molar-refractivity contribution in [3.63, 3.8) is 0 Å². The highest BCUT2D eigenvalue weighted by atomic mass is 32.2. The summed E-state index contributed by atoms with van der Waals surface area (Å²) in [5.74, 6) is 0.0180. The van der Waals surface area contributed by atoms with Gasteiger partial charge < -0.3 is 9.47 Å². The van der Waals surface area contributed by atoms with E-state index < -0.39 is 22.5 Å². The van der Waals surface area contributed by atoms with E-state index in [4.69, 9.17) is 9.47 Å². The zero-order valence-electron chi connectivity index (χ0n) is 12.7.